The van der Waals surface area contributed by atoms with Crippen LogP contribution in [0.2, 0.25) is 0 Å². The van der Waals surface area contributed by atoms with Crippen molar-refractivity contribution in [2.75, 3.05) is 4.90 Å². The van der Waals surface area contributed by atoms with Crippen molar-refractivity contribution in [3.63, 3.8) is 0 Å². The molecule has 0 aliphatic carbocycles. The zero-order valence-corrected chi connectivity index (χ0v) is 31.7. The van der Waals surface area contributed by atoms with Gasteiger partial charge in [0, 0.05) is 21.2 Å². The molecule has 0 saturated carbocycles. The number of hydrogen-bond acceptors (Lipinski definition) is 3. The number of thiol groups is 2. The zero-order chi connectivity index (χ0) is 35.4. The third kappa shape index (κ3) is 9.88. The lowest BCUT2D eigenvalue weighted by atomic mass is 9.99. The van der Waals surface area contributed by atoms with Crippen LogP contribution in [0.25, 0.3) is 12.2 Å². The average molecular weight is 704 g/mol. The van der Waals surface area contributed by atoms with E-state index >= 15 is 0 Å². The quantitative estimate of drug-likeness (QED) is 0.0795. The Morgan fingerprint density at radius 1 is 0.490 bits per heavy atom. The van der Waals surface area contributed by atoms with Crippen molar-refractivity contribution in [3.8, 4) is 0 Å². The summed E-state index contributed by atoms with van der Waals surface area (Å²) in [5.74, 6) is 0. The maximum Gasteiger partial charge on any atom is 0.0533 e. The van der Waals surface area contributed by atoms with E-state index < -0.39 is 0 Å². The van der Waals surface area contributed by atoms with E-state index in [9.17, 15) is 0 Å². The van der Waals surface area contributed by atoms with E-state index in [0.29, 0.717) is 0 Å². The Kier molecular flexibility index (Phi) is 13.0. The Balaban J connectivity index is 1.39. The van der Waals surface area contributed by atoms with Crippen molar-refractivity contribution in [2.45, 2.75) is 75.0 Å². The summed E-state index contributed by atoms with van der Waals surface area (Å²) >= 11 is 9.90. The molecule has 0 aliphatic rings. The molecule has 0 unspecified atom stereocenters. The highest BCUT2D eigenvalue weighted by molar-refractivity contribution is 7.80. The van der Waals surface area contributed by atoms with Gasteiger partial charge in [0.15, 0.2) is 0 Å². The van der Waals surface area contributed by atoms with Crippen LogP contribution in [0.3, 0.4) is 0 Å². The van der Waals surface area contributed by atoms with Crippen molar-refractivity contribution in [2.24, 2.45) is 0 Å². The van der Waals surface area contributed by atoms with Crippen molar-refractivity contribution in [3.05, 3.63) is 184 Å². The second-order valence-corrected chi connectivity index (χ2v) is 14.4. The summed E-state index contributed by atoms with van der Waals surface area (Å²) in [5, 5.41) is 0. The molecule has 0 bridgehead atoms. The van der Waals surface area contributed by atoms with Crippen molar-refractivity contribution >= 4 is 54.5 Å². The van der Waals surface area contributed by atoms with Crippen LogP contribution in [0.4, 0.5) is 17.1 Å². The average Bonchev–Trinajstić information content (AvgIpc) is 3.17. The molecule has 1 nitrogen and oxygen atoms in total. The second kappa shape index (κ2) is 18.2. The Hall–Kier alpha value is -4.44. The fourth-order valence-electron chi connectivity index (χ4n) is 6.56. The van der Waals surface area contributed by atoms with Crippen molar-refractivity contribution in [1.29, 1.82) is 0 Å². The summed E-state index contributed by atoms with van der Waals surface area (Å²) in [5.41, 5.74) is 13.4. The number of aryl methyl sites for hydroxylation is 2. The summed E-state index contributed by atoms with van der Waals surface area (Å²) in [6, 6.07) is 50.7. The van der Waals surface area contributed by atoms with Crippen LogP contribution in [0, 0.1) is 0 Å². The van der Waals surface area contributed by atoms with Gasteiger partial charge in [0.2, 0.25) is 0 Å². The first kappa shape index (κ1) is 36.4. The molecule has 0 saturated heterocycles. The molecule has 3 heteroatoms. The van der Waals surface area contributed by atoms with Crippen LogP contribution in [0.1, 0.15) is 84.0 Å². The largest absolute Gasteiger partial charge is 0.310 e. The molecule has 0 atom stereocenters. The lowest BCUT2D eigenvalue weighted by molar-refractivity contribution is 0.795. The lowest BCUT2D eigenvalue weighted by Crippen LogP contribution is -2.12. The normalized spacial score (nSPS) is 11.3. The van der Waals surface area contributed by atoms with E-state index in [1.165, 1.54) is 64.6 Å². The van der Waals surface area contributed by atoms with Crippen molar-refractivity contribution in [1.82, 2.24) is 0 Å². The Labute approximate surface area is 316 Å². The SMILES string of the molecule is CCCCc1ccc(Cc2cc(N(c3ccc(S)c(Cc4ccc(CCCC)cc4)c3)c3ccccc3/C=C/c3ccccc3)ccc2S)cc1. The van der Waals surface area contributed by atoms with Gasteiger partial charge in [0.05, 0.1) is 5.69 Å². The molecule has 6 rings (SSSR count). The fraction of sp³-hybridized carbons (Fsp3) is 0.208. The van der Waals surface area contributed by atoms with Gasteiger partial charge in [-0.05, 0) is 125 Å². The van der Waals surface area contributed by atoms with Crippen LogP contribution >= 0.6 is 25.3 Å². The predicted octanol–water partition coefficient (Wildman–Crippen LogP) is 13.8. The first-order valence-electron chi connectivity index (χ1n) is 18.4. The minimum atomic E-state index is 0.819. The van der Waals surface area contributed by atoms with Gasteiger partial charge >= 0.3 is 0 Å². The number of unbranched alkanes of at least 4 members (excludes halogenated alkanes) is 2. The molecular weight excluding hydrogens is 655 g/mol. The molecule has 0 aliphatic heterocycles. The van der Waals surface area contributed by atoms with Gasteiger partial charge < -0.3 is 4.90 Å². The van der Waals surface area contributed by atoms with E-state index in [2.05, 4.69) is 170 Å². The van der Waals surface area contributed by atoms with Gasteiger partial charge in [-0.15, -0.1) is 25.3 Å². The highest BCUT2D eigenvalue weighted by Gasteiger charge is 2.18. The smallest absolute Gasteiger partial charge is 0.0533 e. The maximum absolute atomic E-state index is 4.95. The highest BCUT2D eigenvalue weighted by atomic mass is 32.1. The van der Waals surface area contributed by atoms with Crippen LogP contribution < -0.4 is 4.90 Å². The number of rotatable bonds is 15. The van der Waals surface area contributed by atoms with E-state index in [1.807, 2.05) is 0 Å². The topological polar surface area (TPSA) is 3.24 Å². The molecule has 0 heterocycles. The second-order valence-electron chi connectivity index (χ2n) is 13.5. The molecule has 0 radical (unpaired) electrons. The lowest BCUT2D eigenvalue weighted by Gasteiger charge is -2.28. The minimum Gasteiger partial charge on any atom is -0.310 e. The summed E-state index contributed by atoms with van der Waals surface area (Å²) in [4.78, 5) is 4.39. The summed E-state index contributed by atoms with van der Waals surface area (Å²) in [6.07, 6.45) is 13.2. The number of nitrogens with zero attached hydrogens (tertiary/aromatic N) is 1. The summed E-state index contributed by atoms with van der Waals surface area (Å²) in [7, 11) is 0. The Morgan fingerprint density at radius 3 is 1.47 bits per heavy atom. The molecule has 6 aromatic carbocycles. The first-order chi connectivity index (χ1) is 25.0. The minimum absolute atomic E-state index is 0.819. The summed E-state index contributed by atoms with van der Waals surface area (Å²) < 4.78 is 0. The Morgan fingerprint density at radius 2 is 0.961 bits per heavy atom. The van der Waals surface area contributed by atoms with Crippen LogP contribution in [0.15, 0.2) is 149 Å². The number of benzene rings is 6. The van der Waals surface area contributed by atoms with Gasteiger partial charge in [0.1, 0.15) is 0 Å². The fourth-order valence-corrected chi connectivity index (χ4v) is 7.00. The highest BCUT2D eigenvalue weighted by Crippen LogP contribution is 2.40. The van der Waals surface area contributed by atoms with E-state index in [1.54, 1.807) is 0 Å². The molecule has 0 amide bonds. The third-order valence-corrected chi connectivity index (χ3v) is 10.4. The molecule has 51 heavy (non-hydrogen) atoms. The van der Waals surface area contributed by atoms with Gasteiger partial charge in [-0.3, -0.25) is 0 Å². The first-order valence-corrected chi connectivity index (χ1v) is 19.3. The number of anilines is 3. The van der Waals surface area contributed by atoms with E-state index in [-0.39, 0.29) is 0 Å². The third-order valence-electron chi connectivity index (χ3n) is 9.55. The van der Waals surface area contributed by atoms with Crippen LogP contribution in [0.5, 0.6) is 0 Å². The predicted molar refractivity (Wildman–Crippen MR) is 227 cm³/mol. The number of para-hydroxylation sites is 1. The molecular formula is C48H49NS2. The van der Waals surface area contributed by atoms with Crippen molar-refractivity contribution < 1.29 is 0 Å². The van der Waals surface area contributed by atoms with Crippen LogP contribution in [-0.4, -0.2) is 0 Å². The van der Waals surface area contributed by atoms with Gasteiger partial charge in [-0.1, -0.05) is 136 Å². The van der Waals surface area contributed by atoms with Crippen LogP contribution in [-0.2, 0) is 25.7 Å². The van der Waals surface area contributed by atoms with E-state index in [0.717, 1.165) is 58.1 Å². The Bertz CT molecular complexity index is 1920. The zero-order valence-electron chi connectivity index (χ0n) is 29.9. The molecule has 258 valence electrons. The van der Waals surface area contributed by atoms with Gasteiger partial charge in [0.25, 0.3) is 0 Å². The summed E-state index contributed by atoms with van der Waals surface area (Å²) in [6.45, 7) is 4.49. The monoisotopic (exact) mass is 703 g/mol. The van der Waals surface area contributed by atoms with Gasteiger partial charge in [-0.25, -0.2) is 0 Å². The molecule has 0 aromatic heterocycles. The van der Waals surface area contributed by atoms with Gasteiger partial charge in [-0.2, -0.15) is 0 Å². The molecule has 0 N–H and O–H groups in total. The molecule has 6 aromatic rings. The number of hydrogen-bond donors (Lipinski definition) is 2. The molecule has 0 fully saturated rings. The molecule has 0 spiro atoms. The maximum atomic E-state index is 4.95. The standard InChI is InChI=1S/C48H49NS2/c1-3-5-12-37-18-22-39(23-19-37)32-42-34-44(28-30-47(42)50)49(46-17-11-10-16-41(46)27-26-36-14-8-7-9-15-36)45-29-31-48(51)43(35-45)33-40-24-20-38(21-25-40)13-6-4-2/h7-11,14-31,34-35,50-51H,3-6,12-13,32-33H2,1-2H3/b27-26+. The van der Waals surface area contributed by atoms with E-state index in [4.69, 9.17) is 25.3 Å².